The van der Waals surface area contributed by atoms with Crippen LogP contribution in [0, 0.1) is 0 Å². The lowest BCUT2D eigenvalue weighted by molar-refractivity contribution is -0.141. The van der Waals surface area contributed by atoms with Gasteiger partial charge in [0.1, 0.15) is 6.04 Å². The maximum absolute atomic E-state index is 12.1. The number of nitrogens with zero attached hydrogens (tertiary/aromatic N) is 2. The molecule has 14 heavy (non-hydrogen) atoms. The minimum absolute atomic E-state index is 0.597. The first kappa shape index (κ1) is 10.6. The lowest BCUT2D eigenvalue weighted by Crippen LogP contribution is -2.16. The first-order valence-corrected chi connectivity index (χ1v) is 3.66. The van der Waals surface area contributed by atoms with Crippen LogP contribution in [0.5, 0.6) is 0 Å². The largest absolute Gasteiger partial charge is 0.480 e. The van der Waals surface area contributed by atoms with Crippen LogP contribution in [0.3, 0.4) is 0 Å². The van der Waals surface area contributed by atoms with Crippen molar-refractivity contribution in [1.82, 2.24) is 9.78 Å². The Bertz CT molecular complexity index is 345. The van der Waals surface area contributed by atoms with Gasteiger partial charge in [-0.15, -0.1) is 0 Å². The van der Waals surface area contributed by atoms with Crippen molar-refractivity contribution in [2.75, 3.05) is 0 Å². The molecule has 0 aliphatic carbocycles. The molecule has 4 nitrogen and oxygen atoms in total. The summed E-state index contributed by atoms with van der Waals surface area (Å²) in [6.07, 6.45) is -3.23. The van der Waals surface area contributed by atoms with Crippen LogP contribution in [-0.4, -0.2) is 20.9 Å². The average Bonchev–Trinajstić information content (AvgIpc) is 2.49. The van der Waals surface area contributed by atoms with Crippen molar-refractivity contribution in [3.63, 3.8) is 0 Å². The topological polar surface area (TPSA) is 55.1 Å². The lowest BCUT2D eigenvalue weighted by Gasteiger charge is -2.05. The molecule has 0 amide bonds. The molecule has 0 bridgehead atoms. The Morgan fingerprint density at radius 2 is 2.21 bits per heavy atom. The predicted octanol–water partition coefficient (Wildman–Crippen LogP) is 1.55. The van der Waals surface area contributed by atoms with E-state index < -0.39 is 23.8 Å². The van der Waals surface area contributed by atoms with E-state index in [1.165, 1.54) is 6.92 Å². The van der Waals surface area contributed by atoms with Crippen molar-refractivity contribution >= 4 is 5.97 Å². The third-order valence-corrected chi connectivity index (χ3v) is 1.68. The molecule has 78 valence electrons. The third kappa shape index (κ3) is 2.04. The number of halogens is 3. The van der Waals surface area contributed by atoms with Gasteiger partial charge in [0.25, 0.3) is 0 Å². The highest BCUT2D eigenvalue weighted by Crippen LogP contribution is 2.28. The molecule has 0 aliphatic heterocycles. The zero-order valence-electron chi connectivity index (χ0n) is 7.12. The average molecular weight is 208 g/mol. The Morgan fingerprint density at radius 3 is 2.57 bits per heavy atom. The van der Waals surface area contributed by atoms with E-state index in [-0.39, 0.29) is 0 Å². The normalized spacial score (nSPS) is 14.0. The summed E-state index contributed by atoms with van der Waals surface area (Å²) in [5.41, 5.74) is -0.953. The van der Waals surface area contributed by atoms with Gasteiger partial charge in [-0.2, -0.15) is 18.3 Å². The molecule has 1 aromatic rings. The fraction of sp³-hybridized carbons (Fsp3) is 0.429. The zero-order chi connectivity index (χ0) is 10.9. The molecular weight excluding hydrogens is 201 g/mol. The summed E-state index contributed by atoms with van der Waals surface area (Å²) < 4.78 is 37.0. The van der Waals surface area contributed by atoms with Crippen LogP contribution in [0.25, 0.3) is 0 Å². The Morgan fingerprint density at radius 1 is 1.64 bits per heavy atom. The predicted molar refractivity (Wildman–Crippen MR) is 39.6 cm³/mol. The second-order valence-corrected chi connectivity index (χ2v) is 2.72. The standard InChI is InChI=1S/C7H7F3N2O2/c1-4(6(13)14)12-3-5(2-11-12)7(8,9)10/h2-4H,1H3,(H,13,14). The van der Waals surface area contributed by atoms with Gasteiger partial charge >= 0.3 is 12.1 Å². The maximum Gasteiger partial charge on any atom is 0.419 e. The van der Waals surface area contributed by atoms with Gasteiger partial charge in [0.15, 0.2) is 0 Å². The zero-order valence-corrected chi connectivity index (χ0v) is 7.12. The Kier molecular flexibility index (Phi) is 2.50. The molecule has 0 radical (unpaired) electrons. The van der Waals surface area contributed by atoms with Gasteiger partial charge in [-0.05, 0) is 6.92 Å². The van der Waals surface area contributed by atoms with Crippen molar-refractivity contribution in [3.05, 3.63) is 18.0 Å². The summed E-state index contributed by atoms with van der Waals surface area (Å²) >= 11 is 0. The SMILES string of the molecule is CC(C(=O)O)n1cc(C(F)(F)F)cn1. The summed E-state index contributed by atoms with van der Waals surface area (Å²) in [4.78, 5) is 10.4. The van der Waals surface area contributed by atoms with Crippen LogP contribution in [0.4, 0.5) is 13.2 Å². The third-order valence-electron chi connectivity index (χ3n) is 1.68. The number of carboxylic acids is 1. The number of aromatic nitrogens is 2. The molecule has 0 aromatic carbocycles. The maximum atomic E-state index is 12.1. The molecular formula is C7H7F3N2O2. The minimum atomic E-state index is -4.49. The van der Waals surface area contributed by atoms with E-state index in [1.54, 1.807) is 0 Å². The highest BCUT2D eigenvalue weighted by molar-refractivity contribution is 5.71. The molecule has 0 spiro atoms. The fourth-order valence-corrected chi connectivity index (χ4v) is 0.809. The van der Waals surface area contributed by atoms with Crippen molar-refractivity contribution in [1.29, 1.82) is 0 Å². The molecule has 1 aromatic heterocycles. The molecule has 0 aliphatic rings. The molecule has 0 fully saturated rings. The van der Waals surface area contributed by atoms with Crippen LogP contribution < -0.4 is 0 Å². The minimum Gasteiger partial charge on any atom is -0.480 e. The second kappa shape index (κ2) is 3.32. The van der Waals surface area contributed by atoms with Gasteiger partial charge in [-0.3, -0.25) is 4.68 Å². The van der Waals surface area contributed by atoms with E-state index in [0.717, 1.165) is 4.68 Å². The number of aliphatic carboxylic acids is 1. The molecule has 0 saturated heterocycles. The summed E-state index contributed by atoms with van der Waals surface area (Å²) in [5.74, 6) is -1.23. The highest BCUT2D eigenvalue weighted by atomic mass is 19.4. The van der Waals surface area contributed by atoms with Crippen molar-refractivity contribution < 1.29 is 23.1 Å². The molecule has 1 N–H and O–H groups in total. The van der Waals surface area contributed by atoms with Crippen LogP contribution in [-0.2, 0) is 11.0 Å². The molecule has 1 heterocycles. The van der Waals surface area contributed by atoms with Crippen LogP contribution >= 0.6 is 0 Å². The summed E-state index contributed by atoms with van der Waals surface area (Å²) in [5, 5.41) is 11.8. The van der Waals surface area contributed by atoms with Crippen molar-refractivity contribution in [2.24, 2.45) is 0 Å². The summed E-state index contributed by atoms with van der Waals surface area (Å²) in [7, 11) is 0. The number of carbonyl (C=O) groups is 1. The first-order valence-electron chi connectivity index (χ1n) is 3.66. The number of hydrogen-bond acceptors (Lipinski definition) is 2. The summed E-state index contributed by atoms with van der Waals surface area (Å²) in [6.45, 7) is 1.25. The Hall–Kier alpha value is -1.53. The van der Waals surface area contributed by atoms with E-state index in [9.17, 15) is 18.0 Å². The van der Waals surface area contributed by atoms with Crippen LogP contribution in [0.1, 0.15) is 18.5 Å². The van der Waals surface area contributed by atoms with E-state index in [2.05, 4.69) is 5.10 Å². The molecule has 0 saturated carbocycles. The lowest BCUT2D eigenvalue weighted by atomic mass is 10.3. The monoisotopic (exact) mass is 208 g/mol. The molecule has 1 rings (SSSR count). The van der Waals surface area contributed by atoms with Gasteiger partial charge in [0, 0.05) is 6.20 Å². The van der Waals surface area contributed by atoms with Crippen molar-refractivity contribution in [3.8, 4) is 0 Å². The van der Waals surface area contributed by atoms with E-state index in [4.69, 9.17) is 5.11 Å². The number of alkyl halides is 3. The van der Waals surface area contributed by atoms with Crippen LogP contribution in [0.2, 0.25) is 0 Å². The van der Waals surface area contributed by atoms with Crippen LogP contribution in [0.15, 0.2) is 12.4 Å². The van der Waals surface area contributed by atoms with E-state index in [1.807, 2.05) is 0 Å². The number of rotatable bonds is 2. The first-order chi connectivity index (χ1) is 6.32. The second-order valence-electron chi connectivity index (χ2n) is 2.72. The van der Waals surface area contributed by atoms with E-state index in [0.29, 0.717) is 12.4 Å². The van der Waals surface area contributed by atoms with Gasteiger partial charge in [0.2, 0.25) is 0 Å². The van der Waals surface area contributed by atoms with Gasteiger partial charge in [-0.25, -0.2) is 4.79 Å². The van der Waals surface area contributed by atoms with Gasteiger partial charge in [0.05, 0.1) is 11.8 Å². The smallest absolute Gasteiger partial charge is 0.419 e. The summed E-state index contributed by atoms with van der Waals surface area (Å²) in [6, 6.07) is -1.11. The number of carboxylic acid groups (broad SMARTS) is 1. The molecule has 7 heteroatoms. The number of hydrogen-bond donors (Lipinski definition) is 1. The van der Waals surface area contributed by atoms with Gasteiger partial charge < -0.3 is 5.11 Å². The van der Waals surface area contributed by atoms with Crippen molar-refractivity contribution in [2.45, 2.75) is 19.1 Å². The Balaban J connectivity index is 2.94. The molecule has 1 atom stereocenters. The molecule has 1 unspecified atom stereocenters. The van der Waals surface area contributed by atoms with E-state index >= 15 is 0 Å². The fourth-order valence-electron chi connectivity index (χ4n) is 0.809. The quantitative estimate of drug-likeness (QED) is 0.802. The highest BCUT2D eigenvalue weighted by Gasteiger charge is 2.33. The van der Waals surface area contributed by atoms with Gasteiger partial charge in [-0.1, -0.05) is 0 Å². The Labute approximate surface area is 77.0 Å².